The summed E-state index contributed by atoms with van der Waals surface area (Å²) >= 11 is 1.69. The maximum Gasteiger partial charge on any atom is 0.188 e. The molecule has 0 N–H and O–H groups in total. The van der Waals surface area contributed by atoms with E-state index in [1.54, 1.807) is 11.8 Å². The molecule has 0 aliphatic carbocycles. The monoisotopic (exact) mass is 302 g/mol. The van der Waals surface area contributed by atoms with Crippen molar-refractivity contribution in [1.29, 1.82) is 0 Å². The first-order valence-electron chi connectivity index (χ1n) is 7.62. The molecule has 3 fully saturated rings. The number of fused-ring (bicyclic) bond motifs is 4. The number of carbonyl (C=O) groups is 1. The minimum atomic E-state index is 0.110. The molecule has 0 aromatic heterocycles. The van der Waals surface area contributed by atoms with Gasteiger partial charge >= 0.3 is 0 Å². The van der Waals surface area contributed by atoms with Crippen LogP contribution in [0.5, 0.6) is 0 Å². The molecule has 0 radical (unpaired) electrons. The Labute approximate surface area is 131 Å². The third-order valence-corrected chi connectivity index (χ3v) is 5.23. The molecule has 0 amide bonds. The number of hydrogen-bond acceptors (Lipinski definition) is 4. The lowest BCUT2D eigenvalue weighted by Crippen LogP contribution is -2.37. The van der Waals surface area contributed by atoms with Gasteiger partial charge in [-0.15, -0.1) is 11.8 Å². The Kier molecular flexibility index (Phi) is 4.66. The second-order valence-corrected chi connectivity index (χ2v) is 6.51. The molecule has 3 aliphatic heterocycles. The summed E-state index contributed by atoms with van der Waals surface area (Å²) in [4.78, 5) is 17.4. The minimum Gasteiger partial charge on any atom is -0.362 e. The number of benzene rings is 1. The topological polar surface area (TPSA) is 23.6 Å². The summed E-state index contributed by atoms with van der Waals surface area (Å²) in [7, 11) is 0. The maximum atomic E-state index is 12.4. The summed E-state index contributed by atoms with van der Waals surface area (Å²) in [5.74, 6) is 0.110. The normalized spacial score (nSPS) is 25.8. The molecule has 0 spiro atoms. The summed E-state index contributed by atoms with van der Waals surface area (Å²) in [5.41, 5.74) is 0.770. The predicted molar refractivity (Wildman–Crippen MR) is 88.5 cm³/mol. The first kappa shape index (κ1) is 14.7. The molecule has 3 saturated heterocycles. The fourth-order valence-corrected chi connectivity index (χ4v) is 3.93. The zero-order valence-electron chi connectivity index (χ0n) is 12.5. The van der Waals surface area contributed by atoms with Crippen LogP contribution in [0.15, 0.2) is 41.4 Å². The summed E-state index contributed by atoms with van der Waals surface area (Å²) < 4.78 is 0. The molecule has 21 heavy (non-hydrogen) atoms. The molecular weight excluding hydrogens is 280 g/mol. The van der Waals surface area contributed by atoms with Gasteiger partial charge in [0.25, 0.3) is 0 Å². The number of ketones is 1. The predicted octanol–water partition coefficient (Wildman–Crippen LogP) is 2.85. The zero-order valence-corrected chi connectivity index (χ0v) is 13.3. The van der Waals surface area contributed by atoms with Gasteiger partial charge in [0, 0.05) is 43.9 Å². The number of thioether (sulfide) groups is 1. The van der Waals surface area contributed by atoms with E-state index in [9.17, 15) is 4.79 Å². The summed E-state index contributed by atoms with van der Waals surface area (Å²) in [5, 5.41) is 1.12. The Bertz CT molecular complexity index is 521. The Balaban J connectivity index is 1.80. The highest BCUT2D eigenvalue weighted by molar-refractivity contribution is 8.02. The SMILES string of the molecule is CS/C(=C\C(=O)c1ccccc1)N1CCN2CCC1CC2. The lowest BCUT2D eigenvalue weighted by Gasteiger charge is -2.33. The van der Waals surface area contributed by atoms with Crippen molar-refractivity contribution >= 4 is 17.5 Å². The molecule has 112 valence electrons. The molecule has 1 aromatic rings. The largest absolute Gasteiger partial charge is 0.362 e. The Morgan fingerprint density at radius 2 is 1.86 bits per heavy atom. The van der Waals surface area contributed by atoms with Crippen molar-refractivity contribution in [3.8, 4) is 0 Å². The maximum absolute atomic E-state index is 12.4. The number of nitrogens with zero attached hydrogens (tertiary/aromatic N) is 2. The second-order valence-electron chi connectivity index (χ2n) is 5.68. The second kappa shape index (κ2) is 6.67. The van der Waals surface area contributed by atoms with Crippen LogP contribution in [0.1, 0.15) is 23.2 Å². The summed E-state index contributed by atoms with van der Waals surface area (Å²) in [6, 6.07) is 10.2. The van der Waals surface area contributed by atoms with E-state index >= 15 is 0 Å². The van der Waals surface area contributed by atoms with E-state index < -0.39 is 0 Å². The Morgan fingerprint density at radius 3 is 2.52 bits per heavy atom. The molecule has 0 unspecified atom stereocenters. The van der Waals surface area contributed by atoms with Crippen molar-refractivity contribution in [1.82, 2.24) is 9.80 Å². The van der Waals surface area contributed by atoms with E-state index in [1.807, 2.05) is 36.4 Å². The summed E-state index contributed by atoms with van der Waals surface area (Å²) in [6.45, 7) is 4.57. The lowest BCUT2D eigenvalue weighted by atomic mass is 10.1. The van der Waals surface area contributed by atoms with E-state index in [1.165, 1.54) is 25.9 Å². The van der Waals surface area contributed by atoms with Crippen molar-refractivity contribution in [3.63, 3.8) is 0 Å². The quantitative estimate of drug-likeness (QED) is 0.630. The fourth-order valence-electron chi connectivity index (χ4n) is 3.23. The van der Waals surface area contributed by atoms with Crippen LogP contribution in [0.4, 0.5) is 0 Å². The van der Waals surface area contributed by atoms with Gasteiger partial charge in [-0.05, 0) is 19.1 Å². The zero-order chi connectivity index (χ0) is 14.7. The number of piperidine rings is 1. The van der Waals surface area contributed by atoms with Gasteiger partial charge in [0.05, 0.1) is 5.03 Å². The lowest BCUT2D eigenvalue weighted by molar-refractivity contribution is 0.104. The number of hydrogen-bond donors (Lipinski definition) is 0. The van der Waals surface area contributed by atoms with Crippen LogP contribution in [0.3, 0.4) is 0 Å². The third kappa shape index (κ3) is 3.33. The molecular formula is C17H22N2OS. The fraction of sp³-hybridized carbons (Fsp3) is 0.471. The molecule has 4 heteroatoms. The van der Waals surface area contributed by atoms with E-state index in [0.29, 0.717) is 6.04 Å². The highest BCUT2D eigenvalue weighted by Crippen LogP contribution is 2.29. The molecule has 3 heterocycles. The van der Waals surface area contributed by atoms with Crippen molar-refractivity contribution in [2.45, 2.75) is 18.9 Å². The van der Waals surface area contributed by atoms with Crippen LogP contribution in [0.2, 0.25) is 0 Å². The van der Waals surface area contributed by atoms with Gasteiger partial charge in [-0.2, -0.15) is 0 Å². The van der Waals surface area contributed by atoms with Crippen molar-refractivity contribution in [2.75, 3.05) is 32.4 Å². The average molecular weight is 302 g/mol. The molecule has 3 nitrogen and oxygen atoms in total. The first-order chi connectivity index (χ1) is 10.3. The van der Waals surface area contributed by atoms with Crippen molar-refractivity contribution < 1.29 is 4.79 Å². The van der Waals surface area contributed by atoms with Gasteiger partial charge in [0.1, 0.15) is 0 Å². The van der Waals surface area contributed by atoms with Crippen molar-refractivity contribution in [3.05, 3.63) is 47.0 Å². The van der Waals surface area contributed by atoms with Gasteiger partial charge in [-0.25, -0.2) is 0 Å². The summed E-state index contributed by atoms with van der Waals surface area (Å²) in [6.07, 6.45) is 6.34. The molecule has 2 bridgehead atoms. The van der Waals surface area contributed by atoms with Crippen molar-refractivity contribution in [2.24, 2.45) is 0 Å². The van der Waals surface area contributed by atoms with Gasteiger partial charge in [-0.3, -0.25) is 4.79 Å². The van der Waals surface area contributed by atoms with E-state index in [0.717, 1.165) is 23.7 Å². The molecule has 0 saturated carbocycles. The van der Waals surface area contributed by atoms with Gasteiger partial charge in [0.15, 0.2) is 5.78 Å². The molecule has 3 aliphatic rings. The molecule has 1 aromatic carbocycles. The van der Waals surface area contributed by atoms with Gasteiger partial charge in [0.2, 0.25) is 0 Å². The van der Waals surface area contributed by atoms with Crippen LogP contribution in [-0.4, -0.2) is 54.1 Å². The van der Waals surface area contributed by atoms with Crippen LogP contribution >= 0.6 is 11.8 Å². The highest BCUT2D eigenvalue weighted by atomic mass is 32.2. The number of allylic oxidation sites excluding steroid dienone is 1. The Hall–Kier alpha value is -1.26. The van der Waals surface area contributed by atoms with Gasteiger partial charge in [-0.1, -0.05) is 30.3 Å². The first-order valence-corrected chi connectivity index (χ1v) is 8.84. The van der Waals surface area contributed by atoms with Crippen LogP contribution < -0.4 is 0 Å². The number of rotatable bonds is 4. The highest BCUT2D eigenvalue weighted by Gasteiger charge is 2.30. The third-order valence-electron chi connectivity index (χ3n) is 4.46. The average Bonchev–Trinajstić information content (AvgIpc) is 2.87. The van der Waals surface area contributed by atoms with Crippen LogP contribution in [-0.2, 0) is 0 Å². The minimum absolute atomic E-state index is 0.110. The standard InChI is InChI=1S/C17H22N2OS/c1-21-17(13-16(20)14-5-3-2-4-6-14)19-12-11-18-9-7-15(19)8-10-18/h2-6,13,15H,7-12H2,1H3/b17-13-. The molecule has 4 rings (SSSR count). The van der Waals surface area contributed by atoms with E-state index in [2.05, 4.69) is 16.1 Å². The number of carbonyl (C=O) groups excluding carboxylic acids is 1. The van der Waals surface area contributed by atoms with E-state index in [4.69, 9.17) is 0 Å². The Morgan fingerprint density at radius 1 is 1.14 bits per heavy atom. The molecule has 0 atom stereocenters. The van der Waals surface area contributed by atoms with E-state index in [-0.39, 0.29) is 5.78 Å². The smallest absolute Gasteiger partial charge is 0.188 e. The van der Waals surface area contributed by atoms with Gasteiger partial charge < -0.3 is 9.80 Å². The van der Waals surface area contributed by atoms with Crippen LogP contribution in [0.25, 0.3) is 0 Å². The van der Waals surface area contributed by atoms with Crippen LogP contribution in [0, 0.1) is 0 Å².